The highest BCUT2D eigenvalue weighted by Crippen LogP contribution is 2.27. The van der Waals surface area contributed by atoms with Crippen molar-refractivity contribution in [2.24, 2.45) is 0 Å². The number of rotatable bonds is 7. The van der Waals surface area contributed by atoms with Gasteiger partial charge in [-0.2, -0.15) is 0 Å². The fraction of sp³-hybridized carbons (Fsp3) is 0.381. The standard InChI is InChI=1S/C21H26N2O2/c1-16-8-3-6-11-20(16)25-17(2)21(24)22-13-7-14-23-15-12-18-9-4-5-10-19(18)23/h3-6,8-11,17H,7,12-15H2,1-2H3,(H,22,24). The van der Waals surface area contributed by atoms with Gasteiger partial charge >= 0.3 is 0 Å². The Morgan fingerprint density at radius 1 is 1.20 bits per heavy atom. The molecule has 25 heavy (non-hydrogen) atoms. The zero-order valence-electron chi connectivity index (χ0n) is 15.0. The number of aryl methyl sites for hydroxylation is 1. The Kier molecular flexibility index (Phi) is 5.59. The summed E-state index contributed by atoms with van der Waals surface area (Å²) in [5.41, 5.74) is 3.80. The minimum absolute atomic E-state index is 0.0647. The van der Waals surface area contributed by atoms with Crippen LogP contribution in [0.15, 0.2) is 48.5 Å². The highest BCUT2D eigenvalue weighted by molar-refractivity contribution is 5.80. The van der Waals surface area contributed by atoms with Crippen molar-refractivity contribution in [1.29, 1.82) is 0 Å². The van der Waals surface area contributed by atoms with E-state index < -0.39 is 6.10 Å². The highest BCUT2D eigenvalue weighted by Gasteiger charge is 2.18. The van der Waals surface area contributed by atoms with Crippen LogP contribution in [0.4, 0.5) is 5.69 Å². The maximum absolute atomic E-state index is 12.2. The summed E-state index contributed by atoms with van der Waals surface area (Å²) in [6.07, 6.45) is 1.55. The van der Waals surface area contributed by atoms with Gasteiger partial charge in [0.2, 0.25) is 0 Å². The Labute approximate surface area is 149 Å². The van der Waals surface area contributed by atoms with Crippen molar-refractivity contribution in [3.63, 3.8) is 0 Å². The van der Waals surface area contributed by atoms with E-state index in [2.05, 4.69) is 34.5 Å². The summed E-state index contributed by atoms with van der Waals surface area (Å²) in [5.74, 6) is 0.698. The summed E-state index contributed by atoms with van der Waals surface area (Å²) >= 11 is 0. The molecule has 2 aromatic rings. The molecule has 0 radical (unpaired) electrons. The molecular formula is C21H26N2O2. The molecule has 0 aliphatic carbocycles. The van der Waals surface area contributed by atoms with E-state index >= 15 is 0 Å². The van der Waals surface area contributed by atoms with Crippen LogP contribution in [-0.2, 0) is 11.2 Å². The lowest BCUT2D eigenvalue weighted by atomic mass is 10.2. The molecule has 1 N–H and O–H groups in total. The molecule has 0 spiro atoms. The number of amides is 1. The molecule has 0 fully saturated rings. The van der Waals surface area contributed by atoms with Crippen molar-refractivity contribution >= 4 is 11.6 Å². The van der Waals surface area contributed by atoms with Crippen molar-refractivity contribution in [1.82, 2.24) is 5.32 Å². The van der Waals surface area contributed by atoms with Gasteiger partial charge < -0.3 is 15.0 Å². The van der Waals surface area contributed by atoms with Crippen LogP contribution in [0.2, 0.25) is 0 Å². The molecular weight excluding hydrogens is 312 g/mol. The van der Waals surface area contributed by atoms with Gasteiger partial charge in [0.25, 0.3) is 5.91 Å². The van der Waals surface area contributed by atoms with Crippen molar-refractivity contribution < 1.29 is 9.53 Å². The number of para-hydroxylation sites is 2. The number of hydrogen-bond acceptors (Lipinski definition) is 3. The van der Waals surface area contributed by atoms with Crippen LogP contribution in [-0.4, -0.2) is 31.6 Å². The van der Waals surface area contributed by atoms with E-state index in [1.54, 1.807) is 6.92 Å². The number of benzene rings is 2. The van der Waals surface area contributed by atoms with Gasteiger partial charge in [-0.3, -0.25) is 4.79 Å². The Morgan fingerprint density at radius 2 is 1.96 bits per heavy atom. The molecule has 3 rings (SSSR count). The topological polar surface area (TPSA) is 41.6 Å². The van der Waals surface area contributed by atoms with Crippen molar-refractivity contribution in [3.05, 3.63) is 59.7 Å². The first-order valence-corrected chi connectivity index (χ1v) is 8.98. The zero-order chi connectivity index (χ0) is 17.6. The van der Waals surface area contributed by atoms with E-state index in [4.69, 9.17) is 4.74 Å². The van der Waals surface area contributed by atoms with Crippen molar-refractivity contribution in [2.45, 2.75) is 32.8 Å². The number of nitrogens with one attached hydrogen (secondary N) is 1. The summed E-state index contributed by atoms with van der Waals surface area (Å²) < 4.78 is 5.76. The van der Waals surface area contributed by atoms with E-state index in [-0.39, 0.29) is 5.91 Å². The number of carbonyl (C=O) groups excluding carboxylic acids is 1. The Hall–Kier alpha value is -2.49. The van der Waals surface area contributed by atoms with Crippen LogP contribution in [0.1, 0.15) is 24.5 Å². The molecule has 0 aromatic heterocycles. The number of anilines is 1. The second-order valence-electron chi connectivity index (χ2n) is 6.54. The predicted octanol–water partition coefficient (Wildman–Crippen LogP) is 3.33. The average Bonchev–Trinajstić information content (AvgIpc) is 3.03. The van der Waals surface area contributed by atoms with Gasteiger partial charge in [-0.1, -0.05) is 36.4 Å². The number of nitrogens with zero attached hydrogens (tertiary/aromatic N) is 1. The Morgan fingerprint density at radius 3 is 2.80 bits per heavy atom. The Balaban J connectivity index is 1.40. The summed E-state index contributed by atoms with van der Waals surface area (Å²) in [5, 5.41) is 2.98. The molecule has 4 heteroatoms. The lowest BCUT2D eigenvalue weighted by Crippen LogP contribution is -2.38. The predicted molar refractivity (Wildman–Crippen MR) is 101 cm³/mol. The van der Waals surface area contributed by atoms with Gasteiger partial charge in [-0.25, -0.2) is 0 Å². The molecule has 1 amide bonds. The van der Waals surface area contributed by atoms with Crippen LogP contribution >= 0.6 is 0 Å². The first kappa shape index (κ1) is 17.3. The minimum Gasteiger partial charge on any atom is -0.481 e. The number of carbonyl (C=O) groups is 1. The molecule has 2 aromatic carbocycles. The maximum Gasteiger partial charge on any atom is 0.260 e. The molecule has 132 valence electrons. The summed E-state index contributed by atoms with van der Waals surface area (Å²) in [6, 6.07) is 16.3. The van der Waals surface area contributed by atoms with Gasteiger partial charge in [0, 0.05) is 25.3 Å². The van der Waals surface area contributed by atoms with Crippen molar-refractivity contribution in [2.75, 3.05) is 24.5 Å². The summed E-state index contributed by atoms with van der Waals surface area (Å²) in [7, 11) is 0. The molecule has 1 heterocycles. The highest BCUT2D eigenvalue weighted by atomic mass is 16.5. The maximum atomic E-state index is 12.2. The van der Waals surface area contributed by atoms with E-state index in [9.17, 15) is 4.79 Å². The molecule has 0 bridgehead atoms. The summed E-state index contributed by atoms with van der Waals surface area (Å²) in [4.78, 5) is 14.6. The molecule has 0 saturated heterocycles. The second-order valence-corrected chi connectivity index (χ2v) is 6.54. The normalized spacial score (nSPS) is 14.1. The fourth-order valence-electron chi connectivity index (χ4n) is 3.20. The molecule has 0 saturated carbocycles. The molecule has 4 nitrogen and oxygen atoms in total. The van der Waals surface area contributed by atoms with Crippen LogP contribution in [0.25, 0.3) is 0 Å². The third kappa shape index (κ3) is 4.32. The zero-order valence-corrected chi connectivity index (χ0v) is 15.0. The van der Waals surface area contributed by atoms with Gasteiger partial charge in [0.1, 0.15) is 5.75 Å². The first-order chi connectivity index (χ1) is 12.1. The van der Waals surface area contributed by atoms with E-state index in [0.29, 0.717) is 6.54 Å². The Bertz CT molecular complexity index is 729. The van der Waals surface area contributed by atoms with Gasteiger partial charge in [0.15, 0.2) is 6.10 Å². The van der Waals surface area contributed by atoms with Crippen LogP contribution in [0.3, 0.4) is 0 Å². The van der Waals surface area contributed by atoms with Crippen molar-refractivity contribution in [3.8, 4) is 5.75 Å². The van der Waals surface area contributed by atoms with Crippen LogP contribution in [0.5, 0.6) is 5.75 Å². The van der Waals surface area contributed by atoms with E-state index in [1.807, 2.05) is 31.2 Å². The smallest absolute Gasteiger partial charge is 0.260 e. The monoisotopic (exact) mass is 338 g/mol. The lowest BCUT2D eigenvalue weighted by molar-refractivity contribution is -0.127. The molecule has 1 atom stereocenters. The summed E-state index contributed by atoms with van der Waals surface area (Å²) in [6.45, 7) is 6.47. The third-order valence-electron chi connectivity index (χ3n) is 4.65. The lowest BCUT2D eigenvalue weighted by Gasteiger charge is -2.20. The average molecular weight is 338 g/mol. The molecule has 1 aliphatic rings. The van der Waals surface area contributed by atoms with Gasteiger partial charge in [0.05, 0.1) is 0 Å². The number of hydrogen-bond donors (Lipinski definition) is 1. The third-order valence-corrected chi connectivity index (χ3v) is 4.65. The molecule has 1 unspecified atom stereocenters. The van der Waals surface area contributed by atoms with Gasteiger partial charge in [-0.05, 0) is 49.9 Å². The van der Waals surface area contributed by atoms with Gasteiger partial charge in [-0.15, -0.1) is 0 Å². The van der Waals surface area contributed by atoms with E-state index in [0.717, 1.165) is 37.2 Å². The van der Waals surface area contributed by atoms with Crippen LogP contribution < -0.4 is 15.0 Å². The fourth-order valence-corrected chi connectivity index (χ4v) is 3.20. The number of fused-ring (bicyclic) bond motifs is 1. The minimum atomic E-state index is -0.492. The quantitative estimate of drug-likeness (QED) is 0.788. The van der Waals surface area contributed by atoms with Crippen LogP contribution in [0, 0.1) is 6.92 Å². The largest absolute Gasteiger partial charge is 0.481 e. The van der Waals surface area contributed by atoms with E-state index in [1.165, 1.54) is 11.3 Å². The SMILES string of the molecule is Cc1ccccc1OC(C)C(=O)NCCCN1CCc2ccccc21. The molecule has 1 aliphatic heterocycles. The second kappa shape index (κ2) is 8.06. The number of ether oxygens (including phenoxy) is 1. The first-order valence-electron chi connectivity index (χ1n) is 8.98.